The summed E-state index contributed by atoms with van der Waals surface area (Å²) in [6, 6.07) is 7.63. The summed E-state index contributed by atoms with van der Waals surface area (Å²) < 4.78 is 38.9. The fourth-order valence-electron chi connectivity index (χ4n) is 2.54. The van der Waals surface area contributed by atoms with E-state index in [-0.39, 0.29) is 16.9 Å². The van der Waals surface area contributed by atoms with Gasteiger partial charge in [-0.1, -0.05) is 18.2 Å². The van der Waals surface area contributed by atoms with Gasteiger partial charge in [0.05, 0.1) is 5.56 Å². The van der Waals surface area contributed by atoms with E-state index < -0.39 is 18.9 Å². The Balaban J connectivity index is 2.12. The monoisotopic (exact) mass is 321 g/mol. The van der Waals surface area contributed by atoms with E-state index in [1.807, 2.05) is 0 Å². The molecule has 0 fully saturated rings. The molecule has 0 bridgehead atoms. The van der Waals surface area contributed by atoms with Crippen LogP contribution in [-0.2, 0) is 12.7 Å². The Labute approximate surface area is 129 Å². The lowest BCUT2D eigenvalue weighted by atomic mass is 9.78. The maximum Gasteiger partial charge on any atom is 0.488 e. The molecule has 3 N–H and O–H groups in total. The van der Waals surface area contributed by atoms with Gasteiger partial charge in [-0.25, -0.2) is 0 Å². The summed E-state index contributed by atoms with van der Waals surface area (Å²) in [6.45, 7) is 0.316. The van der Waals surface area contributed by atoms with Gasteiger partial charge < -0.3 is 15.4 Å². The van der Waals surface area contributed by atoms with Crippen LogP contribution in [0.4, 0.5) is 13.2 Å². The molecular formula is C15H11BF3NO3. The average Bonchev–Trinajstić information content (AvgIpc) is 2.87. The van der Waals surface area contributed by atoms with Crippen LogP contribution < -0.4 is 10.8 Å². The molecule has 1 heterocycles. The summed E-state index contributed by atoms with van der Waals surface area (Å²) in [5.74, 6) is -0.220. The van der Waals surface area contributed by atoms with Crippen LogP contribution in [-0.4, -0.2) is 23.1 Å². The summed E-state index contributed by atoms with van der Waals surface area (Å²) in [7, 11) is -2.01. The first-order chi connectivity index (χ1) is 10.8. The minimum absolute atomic E-state index is 0.199. The number of hydrogen-bond donors (Lipinski definition) is 3. The van der Waals surface area contributed by atoms with Crippen LogP contribution in [0.5, 0.6) is 0 Å². The van der Waals surface area contributed by atoms with Crippen molar-refractivity contribution in [2.75, 3.05) is 0 Å². The number of nitrogens with one attached hydrogen (secondary N) is 1. The molecule has 4 nitrogen and oxygen atoms in total. The second-order valence-corrected chi connectivity index (χ2v) is 5.27. The van der Waals surface area contributed by atoms with Crippen LogP contribution in [0, 0.1) is 0 Å². The van der Waals surface area contributed by atoms with Gasteiger partial charge >= 0.3 is 13.3 Å². The molecule has 0 atom stereocenters. The van der Waals surface area contributed by atoms with Crippen molar-refractivity contribution in [2.24, 2.45) is 0 Å². The summed E-state index contributed by atoms with van der Waals surface area (Å²) in [4.78, 5) is 11.5. The third kappa shape index (κ3) is 2.95. The number of carbonyl (C=O) groups is 1. The Bertz CT molecular complexity index is 790. The van der Waals surface area contributed by atoms with Crippen molar-refractivity contribution in [3.63, 3.8) is 0 Å². The molecule has 1 amide bonds. The molecule has 1 aliphatic rings. The minimum atomic E-state index is -4.60. The molecule has 23 heavy (non-hydrogen) atoms. The van der Waals surface area contributed by atoms with Crippen molar-refractivity contribution in [3.8, 4) is 11.1 Å². The van der Waals surface area contributed by atoms with Crippen LogP contribution in [0.2, 0.25) is 0 Å². The van der Waals surface area contributed by atoms with E-state index in [0.29, 0.717) is 29.3 Å². The van der Waals surface area contributed by atoms with E-state index in [0.717, 1.165) is 6.07 Å². The van der Waals surface area contributed by atoms with Crippen molar-refractivity contribution >= 4 is 18.5 Å². The number of alkyl halides is 3. The maximum absolute atomic E-state index is 13.0. The van der Waals surface area contributed by atoms with Crippen molar-refractivity contribution in [3.05, 3.63) is 53.1 Å². The lowest BCUT2D eigenvalue weighted by Gasteiger charge is -2.13. The van der Waals surface area contributed by atoms with Gasteiger partial charge in [0.1, 0.15) is 0 Å². The molecule has 0 aromatic heterocycles. The Hall–Kier alpha value is -2.32. The normalized spacial score (nSPS) is 13.7. The van der Waals surface area contributed by atoms with Gasteiger partial charge in [-0.2, -0.15) is 13.2 Å². The SMILES string of the molecule is O=C1NCc2cc(-c3cc(B(O)O)cc(C(F)(F)F)c3)ccc21. The third-order valence-corrected chi connectivity index (χ3v) is 3.70. The van der Waals surface area contributed by atoms with E-state index in [1.165, 1.54) is 12.1 Å². The quantitative estimate of drug-likeness (QED) is 0.730. The van der Waals surface area contributed by atoms with Gasteiger partial charge in [0, 0.05) is 12.1 Å². The zero-order chi connectivity index (χ0) is 16.8. The molecular weight excluding hydrogens is 310 g/mol. The van der Waals surface area contributed by atoms with Crippen molar-refractivity contribution in [1.29, 1.82) is 0 Å². The second kappa shape index (κ2) is 5.40. The Morgan fingerprint density at radius 1 is 1.04 bits per heavy atom. The Kier molecular flexibility index (Phi) is 3.65. The number of carbonyl (C=O) groups excluding carboxylic acids is 1. The molecule has 0 unspecified atom stereocenters. The van der Waals surface area contributed by atoms with Crippen molar-refractivity contribution < 1.29 is 28.0 Å². The van der Waals surface area contributed by atoms with Crippen molar-refractivity contribution in [1.82, 2.24) is 5.32 Å². The molecule has 8 heteroatoms. The lowest BCUT2D eigenvalue weighted by Crippen LogP contribution is -2.31. The van der Waals surface area contributed by atoms with Crippen LogP contribution in [0.3, 0.4) is 0 Å². The highest BCUT2D eigenvalue weighted by Gasteiger charge is 2.32. The third-order valence-electron chi connectivity index (χ3n) is 3.70. The standard InChI is InChI=1S/C15H11BF3NO3/c17-15(18,19)11-4-9(5-12(6-11)16(22)23)8-1-2-13-10(3-8)7-20-14(13)21/h1-6,22-23H,7H2,(H,20,21). The van der Waals surface area contributed by atoms with Gasteiger partial charge in [0.15, 0.2) is 0 Å². The Morgan fingerprint density at radius 2 is 1.78 bits per heavy atom. The number of rotatable bonds is 2. The second-order valence-electron chi connectivity index (χ2n) is 5.27. The minimum Gasteiger partial charge on any atom is -0.423 e. The Morgan fingerprint density at radius 3 is 2.43 bits per heavy atom. The summed E-state index contributed by atoms with van der Waals surface area (Å²) in [6.07, 6.45) is -4.60. The summed E-state index contributed by atoms with van der Waals surface area (Å²) in [5, 5.41) is 21.0. The lowest BCUT2D eigenvalue weighted by molar-refractivity contribution is -0.137. The molecule has 2 aromatic rings. The first kappa shape index (κ1) is 15.6. The van der Waals surface area contributed by atoms with Crippen LogP contribution >= 0.6 is 0 Å². The van der Waals surface area contributed by atoms with Gasteiger partial charge in [0.25, 0.3) is 5.91 Å². The first-order valence-electron chi connectivity index (χ1n) is 6.75. The smallest absolute Gasteiger partial charge is 0.423 e. The largest absolute Gasteiger partial charge is 0.488 e. The van der Waals surface area contributed by atoms with Crippen molar-refractivity contribution in [2.45, 2.75) is 12.7 Å². The zero-order valence-electron chi connectivity index (χ0n) is 11.7. The molecule has 2 aromatic carbocycles. The summed E-state index contributed by atoms with van der Waals surface area (Å²) >= 11 is 0. The highest BCUT2D eigenvalue weighted by Crippen LogP contribution is 2.32. The number of amides is 1. The van der Waals surface area contributed by atoms with E-state index in [2.05, 4.69) is 5.32 Å². The fourth-order valence-corrected chi connectivity index (χ4v) is 2.54. The molecule has 0 radical (unpaired) electrons. The zero-order valence-corrected chi connectivity index (χ0v) is 11.7. The van der Waals surface area contributed by atoms with E-state index in [4.69, 9.17) is 0 Å². The maximum atomic E-state index is 13.0. The molecule has 0 aliphatic carbocycles. The number of fused-ring (bicyclic) bond motifs is 1. The molecule has 1 aliphatic heterocycles. The highest BCUT2D eigenvalue weighted by atomic mass is 19.4. The van der Waals surface area contributed by atoms with Gasteiger partial charge in [0.2, 0.25) is 0 Å². The number of benzene rings is 2. The van der Waals surface area contributed by atoms with Gasteiger partial charge in [-0.3, -0.25) is 4.79 Å². The first-order valence-corrected chi connectivity index (χ1v) is 6.75. The molecule has 118 valence electrons. The summed E-state index contributed by atoms with van der Waals surface area (Å²) in [5.41, 5.74) is 0.634. The predicted octanol–water partition coefficient (Wildman–Crippen LogP) is 1.30. The van der Waals surface area contributed by atoms with Crippen LogP contribution in [0.15, 0.2) is 36.4 Å². The number of hydrogen-bond acceptors (Lipinski definition) is 3. The van der Waals surface area contributed by atoms with E-state index in [1.54, 1.807) is 12.1 Å². The van der Waals surface area contributed by atoms with Gasteiger partial charge in [-0.05, 0) is 40.4 Å². The number of halogens is 3. The average molecular weight is 321 g/mol. The van der Waals surface area contributed by atoms with E-state index >= 15 is 0 Å². The van der Waals surface area contributed by atoms with Gasteiger partial charge in [-0.15, -0.1) is 0 Å². The molecule has 0 spiro atoms. The molecule has 0 saturated carbocycles. The fraction of sp³-hybridized carbons (Fsp3) is 0.133. The molecule has 0 saturated heterocycles. The van der Waals surface area contributed by atoms with E-state index in [9.17, 15) is 28.0 Å². The van der Waals surface area contributed by atoms with Crippen LogP contribution in [0.1, 0.15) is 21.5 Å². The molecule has 3 rings (SSSR count). The highest BCUT2D eigenvalue weighted by molar-refractivity contribution is 6.58. The predicted molar refractivity (Wildman–Crippen MR) is 77.9 cm³/mol. The van der Waals surface area contributed by atoms with Crippen LogP contribution in [0.25, 0.3) is 11.1 Å². The topological polar surface area (TPSA) is 69.6 Å².